The topological polar surface area (TPSA) is 58.2 Å². The molecule has 2 N–H and O–H groups in total. The molecule has 5 heteroatoms. The van der Waals surface area contributed by atoms with Gasteiger partial charge in [-0.15, -0.1) is 0 Å². The normalized spacial score (nSPS) is 31.8. The van der Waals surface area contributed by atoms with Gasteiger partial charge in [-0.3, -0.25) is 0 Å². The summed E-state index contributed by atoms with van der Waals surface area (Å²) in [4.78, 5) is 0. The van der Waals surface area contributed by atoms with Crippen LogP contribution in [0.15, 0.2) is 0 Å². The Morgan fingerprint density at radius 2 is 2.00 bits per heavy atom. The van der Waals surface area contributed by atoms with Crippen molar-refractivity contribution in [1.82, 2.24) is 10.0 Å². The van der Waals surface area contributed by atoms with E-state index in [0.29, 0.717) is 18.5 Å². The standard InChI is InChI=1S/C9H18N2O2S/c1-7-6-9(7)11-14(12,13)5-4-10-8-2-3-8/h7-11H,2-6H2,1H3. The second kappa shape index (κ2) is 3.79. The van der Waals surface area contributed by atoms with E-state index in [1.165, 1.54) is 12.8 Å². The van der Waals surface area contributed by atoms with Crippen LogP contribution >= 0.6 is 0 Å². The van der Waals surface area contributed by atoms with Crippen LogP contribution in [0.5, 0.6) is 0 Å². The fourth-order valence-corrected chi connectivity index (χ4v) is 2.75. The predicted molar refractivity (Wildman–Crippen MR) is 55.5 cm³/mol. The number of hydrogen-bond acceptors (Lipinski definition) is 3. The smallest absolute Gasteiger partial charge is 0.213 e. The second-order valence-electron chi connectivity index (χ2n) is 4.48. The van der Waals surface area contributed by atoms with Gasteiger partial charge in [-0.1, -0.05) is 6.92 Å². The third-order valence-electron chi connectivity index (χ3n) is 2.82. The number of hydrogen-bond donors (Lipinski definition) is 2. The zero-order valence-electron chi connectivity index (χ0n) is 8.49. The Hall–Kier alpha value is -0.130. The maximum atomic E-state index is 11.5. The molecule has 0 radical (unpaired) electrons. The Morgan fingerprint density at radius 1 is 1.36 bits per heavy atom. The molecule has 0 aromatic heterocycles. The molecule has 2 fully saturated rings. The van der Waals surface area contributed by atoms with Crippen molar-refractivity contribution in [2.45, 2.75) is 38.3 Å². The lowest BCUT2D eigenvalue weighted by atomic mass is 10.5. The molecule has 2 saturated carbocycles. The van der Waals surface area contributed by atoms with E-state index in [1.54, 1.807) is 0 Å². The van der Waals surface area contributed by atoms with E-state index in [2.05, 4.69) is 17.0 Å². The van der Waals surface area contributed by atoms with E-state index in [1.807, 2.05) is 0 Å². The molecule has 0 spiro atoms. The van der Waals surface area contributed by atoms with E-state index in [-0.39, 0.29) is 11.8 Å². The largest absolute Gasteiger partial charge is 0.313 e. The fraction of sp³-hybridized carbons (Fsp3) is 1.00. The molecule has 2 atom stereocenters. The molecule has 2 aliphatic rings. The van der Waals surface area contributed by atoms with Gasteiger partial charge in [0.15, 0.2) is 0 Å². The van der Waals surface area contributed by atoms with E-state index >= 15 is 0 Å². The van der Waals surface area contributed by atoms with E-state index in [4.69, 9.17) is 0 Å². The summed E-state index contributed by atoms with van der Waals surface area (Å²) in [6, 6.07) is 0.797. The van der Waals surface area contributed by atoms with Gasteiger partial charge in [0.05, 0.1) is 5.75 Å². The van der Waals surface area contributed by atoms with Gasteiger partial charge < -0.3 is 5.32 Å². The average molecular weight is 218 g/mol. The van der Waals surface area contributed by atoms with E-state index in [9.17, 15) is 8.42 Å². The van der Waals surface area contributed by atoms with Gasteiger partial charge in [0.1, 0.15) is 0 Å². The Balaban J connectivity index is 1.65. The van der Waals surface area contributed by atoms with Crippen LogP contribution in [-0.2, 0) is 10.0 Å². The molecule has 14 heavy (non-hydrogen) atoms. The molecule has 0 aromatic rings. The summed E-state index contributed by atoms with van der Waals surface area (Å²) in [6.45, 7) is 2.65. The quantitative estimate of drug-likeness (QED) is 0.663. The van der Waals surface area contributed by atoms with Crippen LogP contribution in [0.1, 0.15) is 26.2 Å². The molecular formula is C9H18N2O2S. The van der Waals surface area contributed by atoms with Crippen molar-refractivity contribution >= 4 is 10.0 Å². The molecule has 0 aliphatic heterocycles. The van der Waals surface area contributed by atoms with Crippen LogP contribution in [0.2, 0.25) is 0 Å². The third kappa shape index (κ3) is 3.22. The van der Waals surface area contributed by atoms with Crippen LogP contribution in [0.3, 0.4) is 0 Å². The highest BCUT2D eigenvalue weighted by Crippen LogP contribution is 2.29. The lowest BCUT2D eigenvalue weighted by Crippen LogP contribution is -2.34. The maximum absolute atomic E-state index is 11.5. The highest BCUT2D eigenvalue weighted by Gasteiger charge is 2.35. The van der Waals surface area contributed by atoms with Crippen molar-refractivity contribution in [3.8, 4) is 0 Å². The minimum atomic E-state index is -3.03. The van der Waals surface area contributed by atoms with Crippen molar-refractivity contribution in [2.75, 3.05) is 12.3 Å². The average Bonchev–Trinajstić information content (AvgIpc) is 2.92. The first kappa shape index (κ1) is 10.4. The SMILES string of the molecule is CC1CC1NS(=O)(=O)CCNC1CC1. The van der Waals surface area contributed by atoms with Gasteiger partial charge >= 0.3 is 0 Å². The lowest BCUT2D eigenvalue weighted by molar-refractivity contribution is 0.573. The summed E-state index contributed by atoms with van der Waals surface area (Å²) in [6.07, 6.45) is 3.40. The first-order valence-corrected chi connectivity index (χ1v) is 6.95. The predicted octanol–water partition coefficient (Wildman–Crippen LogP) is 0.0662. The lowest BCUT2D eigenvalue weighted by Gasteiger charge is -2.06. The van der Waals surface area contributed by atoms with Crippen LogP contribution in [0.4, 0.5) is 0 Å². The molecule has 0 saturated heterocycles. The van der Waals surface area contributed by atoms with Crippen molar-refractivity contribution in [2.24, 2.45) is 5.92 Å². The van der Waals surface area contributed by atoms with Crippen molar-refractivity contribution in [3.63, 3.8) is 0 Å². The minimum absolute atomic E-state index is 0.209. The van der Waals surface area contributed by atoms with Gasteiger partial charge in [-0.05, 0) is 25.2 Å². The Bertz CT molecular complexity index is 298. The summed E-state index contributed by atoms with van der Waals surface area (Å²) in [5.41, 5.74) is 0. The summed E-state index contributed by atoms with van der Waals surface area (Å²) in [5, 5.41) is 3.20. The molecular weight excluding hydrogens is 200 g/mol. The van der Waals surface area contributed by atoms with Gasteiger partial charge in [-0.2, -0.15) is 0 Å². The van der Waals surface area contributed by atoms with Crippen LogP contribution in [-0.4, -0.2) is 32.8 Å². The summed E-state index contributed by atoms with van der Waals surface area (Å²) in [5.74, 6) is 0.744. The summed E-state index contributed by atoms with van der Waals surface area (Å²) in [7, 11) is -3.03. The van der Waals surface area contributed by atoms with E-state index < -0.39 is 10.0 Å². The van der Waals surface area contributed by atoms with Gasteiger partial charge in [0, 0.05) is 18.6 Å². The molecule has 0 aromatic carbocycles. The number of nitrogens with one attached hydrogen (secondary N) is 2. The Kier molecular flexibility index (Phi) is 2.81. The molecule has 0 amide bonds. The van der Waals surface area contributed by atoms with E-state index in [0.717, 1.165) is 6.42 Å². The van der Waals surface area contributed by atoms with Crippen molar-refractivity contribution < 1.29 is 8.42 Å². The zero-order valence-corrected chi connectivity index (χ0v) is 9.31. The first-order chi connectivity index (χ1) is 6.57. The van der Waals surface area contributed by atoms with Gasteiger partial charge in [0.2, 0.25) is 10.0 Å². The highest BCUT2D eigenvalue weighted by molar-refractivity contribution is 7.89. The molecule has 2 aliphatic carbocycles. The minimum Gasteiger partial charge on any atom is -0.313 e. The number of sulfonamides is 1. The number of rotatable bonds is 6. The van der Waals surface area contributed by atoms with Gasteiger partial charge in [0.25, 0.3) is 0 Å². The van der Waals surface area contributed by atoms with Crippen molar-refractivity contribution in [1.29, 1.82) is 0 Å². The van der Waals surface area contributed by atoms with Crippen LogP contribution in [0.25, 0.3) is 0 Å². The van der Waals surface area contributed by atoms with Crippen LogP contribution < -0.4 is 10.0 Å². The zero-order chi connectivity index (χ0) is 10.2. The van der Waals surface area contributed by atoms with Crippen molar-refractivity contribution in [3.05, 3.63) is 0 Å². The maximum Gasteiger partial charge on any atom is 0.213 e. The molecule has 82 valence electrons. The first-order valence-electron chi connectivity index (χ1n) is 5.30. The Morgan fingerprint density at radius 3 is 2.50 bits per heavy atom. The summed E-state index contributed by atoms with van der Waals surface area (Å²) < 4.78 is 25.7. The molecule has 0 heterocycles. The van der Waals surface area contributed by atoms with Crippen LogP contribution in [0, 0.1) is 5.92 Å². The van der Waals surface area contributed by atoms with Gasteiger partial charge in [-0.25, -0.2) is 13.1 Å². The molecule has 2 unspecified atom stereocenters. The third-order valence-corrected chi connectivity index (χ3v) is 4.23. The molecule has 4 nitrogen and oxygen atoms in total. The highest BCUT2D eigenvalue weighted by atomic mass is 32.2. The molecule has 2 rings (SSSR count). The molecule has 0 bridgehead atoms. The summed E-state index contributed by atoms with van der Waals surface area (Å²) >= 11 is 0. The second-order valence-corrected chi connectivity index (χ2v) is 6.36. The Labute approximate surface area is 85.5 Å². The fourth-order valence-electron chi connectivity index (χ4n) is 1.46. The monoisotopic (exact) mass is 218 g/mol.